The van der Waals surface area contributed by atoms with Crippen molar-refractivity contribution >= 4 is 0 Å². The zero-order valence-corrected chi connectivity index (χ0v) is 28.6. The molecule has 242 valence electrons. The molecule has 0 amide bonds. The lowest BCUT2D eigenvalue weighted by Crippen LogP contribution is -2.33. The number of nitrogens with zero attached hydrogens (tertiary/aromatic N) is 4. The van der Waals surface area contributed by atoms with Crippen molar-refractivity contribution in [2.75, 3.05) is 0 Å². The molecule has 9 rings (SSSR count). The topological polar surface area (TPSA) is 33.5 Å². The summed E-state index contributed by atoms with van der Waals surface area (Å²) in [7, 11) is 0. The number of pyridine rings is 4. The predicted octanol–water partition coefficient (Wildman–Crippen LogP) is 9.34. The van der Waals surface area contributed by atoms with E-state index in [-0.39, 0.29) is 0 Å². The lowest BCUT2D eigenvalue weighted by Gasteiger charge is -2.34. The smallest absolute Gasteiger partial charge is 0.213 e. The molecule has 0 spiro atoms. The fraction of sp³-hybridized carbons (Fsp3) is 0.0638. The standard InChI is InChI=1S/C47H36N4/c1-33-31-39(11-13-45(33)50-27-19-37(20-28-50)35-15-23-48-24-16-35)47(43-9-5-3-7-41(43)42-8-4-6-10-44(42)47)40-12-14-46(34(2)32-40)51-29-21-38(22-30-51)36-17-25-49-26-18-36/h3-32H,1-2H3/q+2. The molecule has 0 fully saturated rings. The molecule has 0 unspecified atom stereocenters. The molecule has 4 nitrogen and oxygen atoms in total. The molecule has 0 saturated carbocycles. The first-order valence-corrected chi connectivity index (χ1v) is 17.4. The maximum Gasteiger partial charge on any atom is 0.213 e. The Morgan fingerprint density at radius 1 is 0.412 bits per heavy atom. The molecule has 51 heavy (non-hydrogen) atoms. The van der Waals surface area contributed by atoms with E-state index < -0.39 is 5.41 Å². The van der Waals surface area contributed by atoms with Gasteiger partial charge in [-0.3, -0.25) is 9.97 Å². The van der Waals surface area contributed by atoms with Crippen molar-refractivity contribution in [2.24, 2.45) is 0 Å². The van der Waals surface area contributed by atoms with Crippen LogP contribution in [0.2, 0.25) is 0 Å². The van der Waals surface area contributed by atoms with E-state index in [1.807, 2.05) is 49.1 Å². The van der Waals surface area contributed by atoms with E-state index in [0.29, 0.717) is 0 Å². The highest BCUT2D eigenvalue weighted by atomic mass is 14.9. The van der Waals surface area contributed by atoms with Crippen molar-refractivity contribution in [3.63, 3.8) is 0 Å². The summed E-state index contributed by atoms with van der Waals surface area (Å²) in [5.41, 5.74) is 16.7. The molecule has 0 N–H and O–H groups in total. The minimum absolute atomic E-state index is 0.481. The van der Waals surface area contributed by atoms with Crippen molar-refractivity contribution in [1.82, 2.24) is 9.97 Å². The van der Waals surface area contributed by atoms with E-state index in [2.05, 4.69) is 167 Å². The maximum absolute atomic E-state index is 4.17. The zero-order chi connectivity index (χ0) is 34.4. The quantitative estimate of drug-likeness (QED) is 0.167. The second-order valence-electron chi connectivity index (χ2n) is 13.3. The maximum atomic E-state index is 4.17. The van der Waals surface area contributed by atoms with Gasteiger partial charge in [-0.2, -0.15) is 9.13 Å². The molecular formula is C47H36N4+2. The summed E-state index contributed by atoms with van der Waals surface area (Å²) in [6.45, 7) is 4.45. The van der Waals surface area contributed by atoms with Crippen LogP contribution in [0.5, 0.6) is 0 Å². The summed E-state index contributed by atoms with van der Waals surface area (Å²) in [6, 6.07) is 48.8. The van der Waals surface area contributed by atoms with Crippen LogP contribution in [0.3, 0.4) is 0 Å². The fourth-order valence-corrected chi connectivity index (χ4v) is 8.03. The Kier molecular flexibility index (Phi) is 7.44. The molecular weight excluding hydrogens is 621 g/mol. The highest BCUT2D eigenvalue weighted by Crippen LogP contribution is 2.56. The van der Waals surface area contributed by atoms with E-state index in [9.17, 15) is 0 Å². The third-order valence-corrected chi connectivity index (χ3v) is 10.5. The van der Waals surface area contributed by atoms with Crippen LogP contribution >= 0.6 is 0 Å². The Bertz CT molecular complexity index is 2340. The van der Waals surface area contributed by atoms with Gasteiger partial charge in [0.1, 0.15) is 0 Å². The number of hydrogen-bond donors (Lipinski definition) is 0. The van der Waals surface area contributed by atoms with E-state index in [0.717, 1.165) is 22.5 Å². The van der Waals surface area contributed by atoms with Crippen LogP contribution in [0.4, 0.5) is 0 Å². The summed E-state index contributed by atoms with van der Waals surface area (Å²) in [6.07, 6.45) is 15.9. The van der Waals surface area contributed by atoms with Crippen LogP contribution in [0, 0.1) is 13.8 Å². The van der Waals surface area contributed by atoms with Crippen LogP contribution in [0.1, 0.15) is 33.4 Å². The van der Waals surface area contributed by atoms with Gasteiger partial charge in [-0.05, 0) is 106 Å². The molecule has 0 atom stereocenters. The predicted molar refractivity (Wildman–Crippen MR) is 203 cm³/mol. The Morgan fingerprint density at radius 2 is 0.784 bits per heavy atom. The zero-order valence-electron chi connectivity index (χ0n) is 28.6. The van der Waals surface area contributed by atoms with Crippen molar-refractivity contribution in [3.8, 4) is 44.8 Å². The van der Waals surface area contributed by atoms with Crippen LogP contribution in [-0.2, 0) is 5.41 Å². The molecule has 0 bridgehead atoms. The van der Waals surface area contributed by atoms with E-state index in [4.69, 9.17) is 0 Å². The lowest BCUT2D eigenvalue weighted by molar-refractivity contribution is -0.596. The first-order chi connectivity index (χ1) is 25.1. The third kappa shape index (κ3) is 5.07. The van der Waals surface area contributed by atoms with Gasteiger partial charge in [-0.15, -0.1) is 0 Å². The van der Waals surface area contributed by atoms with Crippen LogP contribution < -0.4 is 9.13 Å². The second kappa shape index (κ2) is 12.4. The first-order valence-electron chi connectivity index (χ1n) is 17.4. The summed E-state index contributed by atoms with van der Waals surface area (Å²) < 4.78 is 4.42. The van der Waals surface area contributed by atoms with Crippen molar-refractivity contribution in [3.05, 3.63) is 216 Å². The van der Waals surface area contributed by atoms with Gasteiger partial charge >= 0.3 is 0 Å². The van der Waals surface area contributed by atoms with Gasteiger partial charge in [-0.1, -0.05) is 60.7 Å². The number of aromatic nitrogens is 4. The molecule has 4 heterocycles. The largest absolute Gasteiger partial charge is 0.265 e. The minimum Gasteiger partial charge on any atom is -0.265 e. The van der Waals surface area contributed by atoms with Gasteiger partial charge in [0.25, 0.3) is 0 Å². The molecule has 4 aromatic carbocycles. The molecule has 0 aliphatic heterocycles. The normalized spacial score (nSPS) is 12.7. The SMILES string of the molecule is Cc1cc(C2(c3ccc(-[n+]4ccc(-c5ccncc5)cc4)c(C)c3)c3ccccc3-c3ccccc32)ccc1-[n+]1ccc(-c2ccncc2)cc1. The van der Waals surface area contributed by atoms with Gasteiger partial charge in [-0.25, -0.2) is 0 Å². The van der Waals surface area contributed by atoms with Gasteiger partial charge in [0, 0.05) is 72.3 Å². The number of rotatable bonds is 6. The molecule has 1 aliphatic carbocycles. The highest BCUT2D eigenvalue weighted by Gasteiger charge is 2.46. The Morgan fingerprint density at radius 3 is 1.18 bits per heavy atom. The summed E-state index contributed by atoms with van der Waals surface area (Å²) in [5, 5.41) is 0. The van der Waals surface area contributed by atoms with Gasteiger partial charge in [0.15, 0.2) is 24.8 Å². The first kappa shape index (κ1) is 30.5. The van der Waals surface area contributed by atoms with Crippen LogP contribution in [-0.4, -0.2) is 9.97 Å². The average molecular weight is 657 g/mol. The van der Waals surface area contributed by atoms with Crippen LogP contribution in [0.15, 0.2) is 183 Å². The summed E-state index contributed by atoms with van der Waals surface area (Å²) >= 11 is 0. The summed E-state index contributed by atoms with van der Waals surface area (Å²) in [4.78, 5) is 8.34. The minimum atomic E-state index is -0.481. The van der Waals surface area contributed by atoms with Crippen molar-refractivity contribution < 1.29 is 9.13 Å². The molecule has 4 aromatic heterocycles. The highest BCUT2D eigenvalue weighted by molar-refractivity contribution is 5.86. The van der Waals surface area contributed by atoms with Crippen molar-refractivity contribution in [1.29, 1.82) is 0 Å². The van der Waals surface area contributed by atoms with Gasteiger partial charge < -0.3 is 0 Å². The van der Waals surface area contributed by atoms with E-state index in [1.165, 1.54) is 55.6 Å². The monoisotopic (exact) mass is 656 g/mol. The van der Waals surface area contributed by atoms with Gasteiger partial charge in [0.2, 0.25) is 11.4 Å². The molecule has 1 aliphatic rings. The lowest BCUT2D eigenvalue weighted by atomic mass is 9.67. The Balaban J connectivity index is 1.17. The number of fused-ring (bicyclic) bond motifs is 3. The second-order valence-corrected chi connectivity index (χ2v) is 13.3. The Labute approximate surface area is 298 Å². The average Bonchev–Trinajstić information content (AvgIpc) is 3.50. The number of hydrogen-bond acceptors (Lipinski definition) is 2. The fourth-order valence-electron chi connectivity index (χ4n) is 8.03. The number of aryl methyl sites for hydroxylation is 2. The van der Waals surface area contributed by atoms with E-state index >= 15 is 0 Å². The molecule has 4 heteroatoms. The molecule has 0 saturated heterocycles. The number of benzene rings is 4. The van der Waals surface area contributed by atoms with E-state index in [1.54, 1.807) is 0 Å². The third-order valence-electron chi connectivity index (χ3n) is 10.5. The van der Waals surface area contributed by atoms with Crippen molar-refractivity contribution in [2.45, 2.75) is 19.3 Å². The molecule has 0 radical (unpaired) electrons. The summed E-state index contributed by atoms with van der Waals surface area (Å²) in [5.74, 6) is 0. The Hall–Kier alpha value is -6.52. The van der Waals surface area contributed by atoms with Gasteiger partial charge in [0.05, 0.1) is 5.41 Å². The molecule has 8 aromatic rings. The van der Waals surface area contributed by atoms with Crippen LogP contribution in [0.25, 0.3) is 44.8 Å².